The fourth-order valence-electron chi connectivity index (χ4n) is 4.44. The summed E-state index contributed by atoms with van der Waals surface area (Å²) < 4.78 is 15.8. The van der Waals surface area contributed by atoms with Crippen LogP contribution in [-0.2, 0) is 24.4 Å². The molecule has 2 amide bonds. The third-order valence-corrected chi connectivity index (χ3v) is 6.87. The zero-order valence-electron chi connectivity index (χ0n) is 21.6. The van der Waals surface area contributed by atoms with Gasteiger partial charge in [-0.15, -0.1) is 0 Å². The molecule has 206 valence electrons. The number of benzene rings is 4. The molecule has 0 unspecified atom stereocenters. The largest absolute Gasteiger partial charge is 0.348 e. The molecule has 0 fully saturated rings. The van der Waals surface area contributed by atoms with Crippen molar-refractivity contribution in [3.63, 3.8) is 0 Å². The molecule has 0 aliphatic carbocycles. The first-order valence-electron chi connectivity index (χ1n) is 12.7. The number of rotatable bonds is 8. The fraction of sp³-hybridized carbons (Fsp3) is 0.0968. The van der Waals surface area contributed by atoms with Crippen LogP contribution in [-0.4, -0.2) is 20.9 Å². The Morgan fingerprint density at radius 3 is 2.32 bits per heavy atom. The number of nitrogens with one attached hydrogen (secondary N) is 2. The highest BCUT2D eigenvalue weighted by Crippen LogP contribution is 2.15. The van der Waals surface area contributed by atoms with E-state index in [4.69, 9.17) is 11.6 Å². The van der Waals surface area contributed by atoms with E-state index in [9.17, 15) is 23.6 Å². The van der Waals surface area contributed by atoms with E-state index in [2.05, 4.69) is 10.6 Å². The summed E-state index contributed by atoms with van der Waals surface area (Å²) in [7, 11) is 0. The van der Waals surface area contributed by atoms with Gasteiger partial charge in [-0.3, -0.25) is 23.5 Å². The van der Waals surface area contributed by atoms with Crippen LogP contribution < -0.4 is 21.9 Å². The Labute approximate surface area is 238 Å². The summed E-state index contributed by atoms with van der Waals surface area (Å²) in [5, 5.41) is 6.22. The number of carbonyl (C=O) groups is 2. The van der Waals surface area contributed by atoms with Crippen molar-refractivity contribution in [3.8, 4) is 0 Å². The molecule has 2 N–H and O–H groups in total. The molecule has 41 heavy (non-hydrogen) atoms. The minimum absolute atomic E-state index is 0.0739. The number of fused-ring (bicyclic) bond motifs is 1. The van der Waals surface area contributed by atoms with Crippen molar-refractivity contribution in [2.24, 2.45) is 0 Å². The highest BCUT2D eigenvalue weighted by atomic mass is 35.5. The molecule has 5 rings (SSSR count). The van der Waals surface area contributed by atoms with Crippen molar-refractivity contribution in [1.82, 2.24) is 14.5 Å². The number of aromatic nitrogens is 2. The lowest BCUT2D eigenvalue weighted by Crippen LogP contribution is -2.42. The molecule has 8 nitrogen and oxygen atoms in total. The molecule has 0 bridgehead atoms. The normalized spacial score (nSPS) is 10.9. The van der Waals surface area contributed by atoms with Crippen LogP contribution >= 0.6 is 11.6 Å². The predicted octanol–water partition coefficient (Wildman–Crippen LogP) is 4.57. The van der Waals surface area contributed by atoms with Crippen molar-refractivity contribution in [2.75, 3.05) is 5.32 Å². The van der Waals surface area contributed by atoms with Crippen molar-refractivity contribution in [1.29, 1.82) is 0 Å². The van der Waals surface area contributed by atoms with Crippen LogP contribution in [0.2, 0.25) is 5.02 Å². The molecular formula is C31H24ClFN4O4. The molecular weight excluding hydrogens is 547 g/mol. The van der Waals surface area contributed by atoms with Gasteiger partial charge in [0.1, 0.15) is 12.4 Å². The average Bonchev–Trinajstić information content (AvgIpc) is 2.97. The van der Waals surface area contributed by atoms with Gasteiger partial charge in [-0.1, -0.05) is 60.1 Å². The number of amides is 2. The van der Waals surface area contributed by atoms with Gasteiger partial charge < -0.3 is 10.6 Å². The number of nitrogens with zero attached hydrogens (tertiary/aromatic N) is 2. The lowest BCUT2D eigenvalue weighted by atomic mass is 10.1. The monoisotopic (exact) mass is 570 g/mol. The molecule has 1 aromatic heterocycles. The summed E-state index contributed by atoms with van der Waals surface area (Å²) in [5.41, 5.74) is 1.17. The van der Waals surface area contributed by atoms with Gasteiger partial charge in [0.25, 0.3) is 11.5 Å². The summed E-state index contributed by atoms with van der Waals surface area (Å²) in [6, 6.07) is 25.7. The molecule has 0 aliphatic rings. The third kappa shape index (κ3) is 6.26. The van der Waals surface area contributed by atoms with E-state index in [0.717, 1.165) is 10.1 Å². The summed E-state index contributed by atoms with van der Waals surface area (Å²) in [6.07, 6.45) is 0. The van der Waals surface area contributed by atoms with Gasteiger partial charge in [-0.25, -0.2) is 9.18 Å². The minimum atomic E-state index is -0.676. The molecule has 0 aliphatic heterocycles. The Kier molecular flexibility index (Phi) is 8.07. The Hall–Kier alpha value is -5.02. The second-order valence-corrected chi connectivity index (χ2v) is 9.71. The topological polar surface area (TPSA) is 102 Å². The Bertz CT molecular complexity index is 1880. The maximum absolute atomic E-state index is 13.5. The first-order valence-corrected chi connectivity index (χ1v) is 13.1. The van der Waals surface area contributed by atoms with Crippen LogP contribution in [0.3, 0.4) is 0 Å². The summed E-state index contributed by atoms with van der Waals surface area (Å²) in [4.78, 5) is 52.2. The number of hydrogen-bond acceptors (Lipinski definition) is 4. The van der Waals surface area contributed by atoms with Gasteiger partial charge >= 0.3 is 5.69 Å². The smallest absolute Gasteiger partial charge is 0.332 e. The van der Waals surface area contributed by atoms with Crippen molar-refractivity contribution in [3.05, 3.63) is 145 Å². The molecule has 10 heteroatoms. The van der Waals surface area contributed by atoms with Gasteiger partial charge in [-0.2, -0.15) is 0 Å². The maximum atomic E-state index is 13.5. The second kappa shape index (κ2) is 12.0. The molecule has 0 atom stereocenters. The summed E-state index contributed by atoms with van der Waals surface area (Å²) in [6.45, 7) is -0.199. The molecule has 0 spiro atoms. The standard InChI is InChI=1S/C31H24ClFN4O4/c32-26-10-3-1-6-22(26)17-34-29(39)21-14-12-20(13-15-21)18-37-30(40)25-9-2-4-11-27(25)36(31(37)41)19-28(38)35-24-8-5-7-23(33)16-24/h1-16H,17-19H2,(H,34,39)(H,35,38). The number of para-hydroxylation sites is 1. The zero-order valence-corrected chi connectivity index (χ0v) is 22.4. The van der Waals surface area contributed by atoms with Crippen molar-refractivity contribution < 1.29 is 14.0 Å². The molecule has 0 saturated carbocycles. The number of halogens is 2. The van der Waals surface area contributed by atoms with Gasteiger partial charge in [-0.05, 0) is 59.7 Å². The molecule has 1 heterocycles. The lowest BCUT2D eigenvalue weighted by molar-refractivity contribution is -0.116. The van der Waals surface area contributed by atoms with Crippen LogP contribution in [0.5, 0.6) is 0 Å². The lowest BCUT2D eigenvalue weighted by Gasteiger charge is -2.14. The molecule has 5 aromatic rings. The predicted molar refractivity (Wildman–Crippen MR) is 156 cm³/mol. The van der Waals surface area contributed by atoms with E-state index >= 15 is 0 Å². The van der Waals surface area contributed by atoms with E-state index in [0.29, 0.717) is 21.7 Å². The zero-order chi connectivity index (χ0) is 28.9. The maximum Gasteiger partial charge on any atom is 0.332 e. The van der Waals surface area contributed by atoms with Crippen LogP contribution in [0.25, 0.3) is 10.9 Å². The molecule has 0 saturated heterocycles. The summed E-state index contributed by atoms with van der Waals surface area (Å²) >= 11 is 6.15. The second-order valence-electron chi connectivity index (χ2n) is 9.31. The van der Waals surface area contributed by atoms with Crippen molar-refractivity contribution in [2.45, 2.75) is 19.6 Å². The van der Waals surface area contributed by atoms with Crippen molar-refractivity contribution >= 4 is 40.0 Å². The minimum Gasteiger partial charge on any atom is -0.348 e. The van der Waals surface area contributed by atoms with Gasteiger partial charge in [0.15, 0.2) is 0 Å². The Balaban J connectivity index is 1.37. The Morgan fingerprint density at radius 1 is 0.829 bits per heavy atom. The molecule has 0 radical (unpaired) electrons. The van der Waals surface area contributed by atoms with Crippen LogP contribution in [0.4, 0.5) is 10.1 Å². The third-order valence-electron chi connectivity index (χ3n) is 6.50. The number of anilines is 1. The Morgan fingerprint density at radius 2 is 1.56 bits per heavy atom. The van der Waals surface area contributed by atoms with Gasteiger partial charge in [0.2, 0.25) is 5.91 Å². The summed E-state index contributed by atoms with van der Waals surface area (Å²) in [5.74, 6) is -1.37. The van der Waals surface area contributed by atoms with Gasteiger partial charge in [0, 0.05) is 22.8 Å². The van der Waals surface area contributed by atoms with Crippen LogP contribution in [0.15, 0.2) is 107 Å². The first-order chi connectivity index (χ1) is 19.8. The van der Waals surface area contributed by atoms with Gasteiger partial charge in [0.05, 0.1) is 17.4 Å². The average molecular weight is 571 g/mol. The van der Waals surface area contributed by atoms with E-state index in [1.807, 2.05) is 18.2 Å². The van der Waals surface area contributed by atoms with Crippen LogP contribution in [0.1, 0.15) is 21.5 Å². The fourth-order valence-corrected chi connectivity index (χ4v) is 4.64. The van der Waals surface area contributed by atoms with E-state index in [1.54, 1.807) is 54.6 Å². The molecule has 4 aromatic carbocycles. The van der Waals surface area contributed by atoms with Crippen LogP contribution in [0, 0.1) is 5.82 Å². The SMILES string of the molecule is O=C(Cn1c(=O)n(Cc2ccc(C(=O)NCc3ccccc3Cl)cc2)c(=O)c2ccccc21)Nc1cccc(F)c1. The highest BCUT2D eigenvalue weighted by Gasteiger charge is 2.16. The van der Waals surface area contributed by atoms with E-state index < -0.39 is 23.0 Å². The van der Waals surface area contributed by atoms with E-state index in [1.165, 1.54) is 28.8 Å². The first kappa shape index (κ1) is 27.5. The highest BCUT2D eigenvalue weighted by molar-refractivity contribution is 6.31. The number of hydrogen-bond donors (Lipinski definition) is 2. The quantitative estimate of drug-likeness (QED) is 0.285. The van der Waals surface area contributed by atoms with E-state index in [-0.39, 0.29) is 36.6 Å². The number of carbonyl (C=O) groups excluding carboxylic acids is 2.